The molecule has 1 heterocycles. The molecule has 3 aromatic carbocycles. The molecule has 0 radical (unpaired) electrons. The first-order valence-corrected chi connectivity index (χ1v) is 9.70. The topological polar surface area (TPSA) is 29.0 Å². The summed E-state index contributed by atoms with van der Waals surface area (Å²) >= 11 is 0. The lowest BCUT2D eigenvalue weighted by Crippen LogP contribution is -2.24. The smallest absolute Gasteiger partial charge is 0.351 e. The van der Waals surface area contributed by atoms with E-state index in [0.29, 0.717) is 24.3 Å². The monoisotopic (exact) mass is 407 g/mol. The molecule has 0 unspecified atom stereocenters. The van der Waals surface area contributed by atoms with Gasteiger partial charge in [0.1, 0.15) is 5.69 Å². The Kier molecular flexibility index (Phi) is 5.40. The standard InChI is InChI=1S/C24H20F3N3/c1-2-30(16-17-10-4-3-5-11-17)23-19-13-7-6-12-18(19)22(28-29-23)20-14-8-9-15-21(20)24(25,26)27/h3-15H,2,16H2,1H3. The van der Waals surface area contributed by atoms with E-state index >= 15 is 0 Å². The van der Waals surface area contributed by atoms with Gasteiger partial charge in [-0.1, -0.05) is 72.8 Å². The maximum absolute atomic E-state index is 13.6. The van der Waals surface area contributed by atoms with Crippen LogP contribution in [0.5, 0.6) is 0 Å². The van der Waals surface area contributed by atoms with Crippen molar-refractivity contribution in [3.8, 4) is 11.3 Å². The van der Waals surface area contributed by atoms with Gasteiger partial charge in [-0.15, -0.1) is 10.2 Å². The molecule has 0 aliphatic carbocycles. The summed E-state index contributed by atoms with van der Waals surface area (Å²) in [5, 5.41) is 10.1. The summed E-state index contributed by atoms with van der Waals surface area (Å²) in [4.78, 5) is 2.07. The Balaban J connectivity index is 1.86. The molecule has 3 nitrogen and oxygen atoms in total. The lowest BCUT2D eigenvalue weighted by Gasteiger charge is -2.24. The average molecular weight is 407 g/mol. The van der Waals surface area contributed by atoms with Gasteiger partial charge in [-0.2, -0.15) is 13.2 Å². The summed E-state index contributed by atoms with van der Waals surface area (Å²) in [6.07, 6.45) is -4.47. The van der Waals surface area contributed by atoms with Crippen molar-refractivity contribution in [2.45, 2.75) is 19.6 Å². The van der Waals surface area contributed by atoms with E-state index in [2.05, 4.69) is 15.1 Å². The molecule has 0 amide bonds. The van der Waals surface area contributed by atoms with Crippen LogP contribution in [0.1, 0.15) is 18.1 Å². The van der Waals surface area contributed by atoms with Crippen molar-refractivity contribution in [2.24, 2.45) is 0 Å². The number of halogens is 3. The Labute approximate surface area is 172 Å². The molecule has 0 atom stereocenters. The quantitative estimate of drug-likeness (QED) is 0.386. The zero-order chi connectivity index (χ0) is 21.1. The highest BCUT2D eigenvalue weighted by molar-refractivity contribution is 6.00. The molecule has 0 aliphatic rings. The fraction of sp³-hybridized carbons (Fsp3) is 0.167. The number of fused-ring (bicyclic) bond motifs is 1. The molecule has 0 saturated carbocycles. The molecule has 0 bridgehead atoms. The van der Waals surface area contributed by atoms with Gasteiger partial charge >= 0.3 is 6.18 Å². The Morgan fingerprint density at radius 2 is 1.40 bits per heavy atom. The van der Waals surface area contributed by atoms with Crippen LogP contribution in [0.3, 0.4) is 0 Å². The largest absolute Gasteiger partial charge is 0.417 e. The van der Waals surface area contributed by atoms with Crippen LogP contribution in [-0.4, -0.2) is 16.7 Å². The highest BCUT2D eigenvalue weighted by atomic mass is 19.4. The van der Waals surface area contributed by atoms with Crippen molar-refractivity contribution in [1.29, 1.82) is 0 Å². The van der Waals surface area contributed by atoms with Crippen molar-refractivity contribution < 1.29 is 13.2 Å². The van der Waals surface area contributed by atoms with E-state index in [4.69, 9.17) is 0 Å². The van der Waals surface area contributed by atoms with Crippen LogP contribution in [0.15, 0.2) is 78.9 Å². The number of benzene rings is 3. The molecule has 6 heteroatoms. The molecule has 1 aromatic heterocycles. The van der Waals surface area contributed by atoms with Gasteiger partial charge in [0.05, 0.1) is 5.56 Å². The average Bonchev–Trinajstić information content (AvgIpc) is 2.77. The number of nitrogens with zero attached hydrogens (tertiary/aromatic N) is 3. The zero-order valence-electron chi connectivity index (χ0n) is 16.4. The van der Waals surface area contributed by atoms with E-state index in [1.807, 2.05) is 49.4 Å². The SMILES string of the molecule is CCN(Cc1ccccc1)c1nnc(-c2ccccc2C(F)(F)F)c2ccccc12. The van der Waals surface area contributed by atoms with Gasteiger partial charge < -0.3 is 4.90 Å². The molecule has 30 heavy (non-hydrogen) atoms. The minimum Gasteiger partial charge on any atom is -0.351 e. The number of hydrogen-bond acceptors (Lipinski definition) is 3. The van der Waals surface area contributed by atoms with Gasteiger partial charge in [-0.05, 0) is 18.6 Å². The number of alkyl halides is 3. The van der Waals surface area contributed by atoms with Gasteiger partial charge in [0.25, 0.3) is 0 Å². The van der Waals surface area contributed by atoms with E-state index < -0.39 is 11.7 Å². The third kappa shape index (κ3) is 3.85. The lowest BCUT2D eigenvalue weighted by atomic mass is 9.99. The highest BCUT2D eigenvalue weighted by Gasteiger charge is 2.34. The van der Waals surface area contributed by atoms with Gasteiger partial charge in [0, 0.05) is 29.4 Å². The summed E-state index contributed by atoms with van der Waals surface area (Å²) in [6, 6.07) is 22.8. The highest BCUT2D eigenvalue weighted by Crippen LogP contribution is 2.39. The van der Waals surface area contributed by atoms with Crippen LogP contribution in [0.2, 0.25) is 0 Å². The second-order valence-electron chi connectivity index (χ2n) is 6.96. The van der Waals surface area contributed by atoms with Crippen molar-refractivity contribution >= 4 is 16.6 Å². The Morgan fingerprint density at radius 1 is 0.767 bits per heavy atom. The number of hydrogen-bond donors (Lipinski definition) is 0. The van der Waals surface area contributed by atoms with Crippen LogP contribution in [0.4, 0.5) is 19.0 Å². The van der Waals surface area contributed by atoms with E-state index in [1.165, 1.54) is 12.1 Å². The zero-order valence-corrected chi connectivity index (χ0v) is 16.4. The van der Waals surface area contributed by atoms with Gasteiger partial charge in [-0.3, -0.25) is 0 Å². The van der Waals surface area contributed by atoms with E-state index in [9.17, 15) is 13.2 Å². The third-order valence-corrected chi connectivity index (χ3v) is 5.05. The van der Waals surface area contributed by atoms with Crippen LogP contribution < -0.4 is 4.90 Å². The molecule has 152 valence electrons. The molecule has 0 spiro atoms. The molecule has 0 saturated heterocycles. The molecular weight excluding hydrogens is 387 g/mol. The van der Waals surface area contributed by atoms with Crippen molar-refractivity contribution in [2.75, 3.05) is 11.4 Å². The fourth-order valence-electron chi connectivity index (χ4n) is 3.60. The first kappa shape index (κ1) is 19.9. The van der Waals surface area contributed by atoms with Crippen molar-refractivity contribution in [1.82, 2.24) is 10.2 Å². The summed E-state index contributed by atoms with van der Waals surface area (Å²) in [7, 11) is 0. The first-order chi connectivity index (χ1) is 14.5. The third-order valence-electron chi connectivity index (χ3n) is 5.05. The Morgan fingerprint density at radius 3 is 2.10 bits per heavy atom. The summed E-state index contributed by atoms with van der Waals surface area (Å²) in [6.45, 7) is 3.34. The van der Waals surface area contributed by atoms with Gasteiger partial charge in [0.2, 0.25) is 0 Å². The lowest BCUT2D eigenvalue weighted by molar-refractivity contribution is -0.137. The van der Waals surface area contributed by atoms with Crippen LogP contribution in [0.25, 0.3) is 22.0 Å². The predicted molar refractivity (Wildman–Crippen MR) is 113 cm³/mol. The minimum atomic E-state index is -4.47. The molecule has 0 fully saturated rings. The summed E-state index contributed by atoms with van der Waals surface area (Å²) in [5.74, 6) is 0.658. The molecule has 0 N–H and O–H groups in total. The van der Waals surface area contributed by atoms with Crippen molar-refractivity contribution in [3.63, 3.8) is 0 Å². The predicted octanol–water partition coefficient (Wildman–Crippen LogP) is 6.34. The van der Waals surface area contributed by atoms with Gasteiger partial charge in [-0.25, -0.2) is 0 Å². The van der Waals surface area contributed by atoms with Crippen molar-refractivity contribution in [3.05, 3.63) is 90.0 Å². The Bertz CT molecular complexity index is 1160. The fourth-order valence-corrected chi connectivity index (χ4v) is 3.60. The summed E-state index contributed by atoms with van der Waals surface area (Å²) < 4.78 is 40.7. The second kappa shape index (κ2) is 8.14. The number of rotatable bonds is 5. The first-order valence-electron chi connectivity index (χ1n) is 9.70. The van der Waals surface area contributed by atoms with E-state index in [0.717, 1.165) is 17.0 Å². The van der Waals surface area contributed by atoms with Crippen LogP contribution in [-0.2, 0) is 12.7 Å². The molecule has 0 aliphatic heterocycles. The number of aromatic nitrogens is 2. The van der Waals surface area contributed by atoms with E-state index in [-0.39, 0.29) is 11.3 Å². The Hall–Kier alpha value is -3.41. The summed E-state index contributed by atoms with van der Waals surface area (Å²) in [5.41, 5.74) is 0.676. The minimum absolute atomic E-state index is 0.0337. The van der Waals surface area contributed by atoms with Crippen LogP contribution in [0, 0.1) is 0 Å². The normalized spacial score (nSPS) is 11.6. The molecule has 4 rings (SSSR count). The maximum atomic E-state index is 13.6. The van der Waals surface area contributed by atoms with Crippen LogP contribution >= 0.6 is 0 Å². The molecule has 4 aromatic rings. The van der Waals surface area contributed by atoms with E-state index in [1.54, 1.807) is 18.2 Å². The second-order valence-corrected chi connectivity index (χ2v) is 6.96. The maximum Gasteiger partial charge on any atom is 0.417 e. The van der Waals surface area contributed by atoms with Gasteiger partial charge in [0.15, 0.2) is 5.82 Å². The number of anilines is 1. The molecular formula is C24H20F3N3.